The molecule has 1 aromatic rings. The number of alkyl halides is 3. The van der Waals surface area contributed by atoms with Crippen LogP contribution in [0.2, 0.25) is 0 Å². The summed E-state index contributed by atoms with van der Waals surface area (Å²) in [5.74, 6) is 0.675. The van der Waals surface area contributed by atoms with Gasteiger partial charge in [-0.25, -0.2) is 0 Å². The van der Waals surface area contributed by atoms with Crippen LogP contribution in [0.25, 0.3) is 0 Å². The van der Waals surface area contributed by atoms with Gasteiger partial charge < -0.3 is 10.1 Å². The van der Waals surface area contributed by atoms with Crippen molar-refractivity contribution in [3.05, 3.63) is 24.3 Å². The number of rotatable bonds is 6. The fourth-order valence-corrected chi connectivity index (χ4v) is 1.22. The van der Waals surface area contributed by atoms with Crippen molar-refractivity contribution in [3.8, 4) is 5.75 Å². The lowest BCUT2D eigenvalue weighted by atomic mass is 10.3. The molecule has 17 heavy (non-hydrogen) atoms. The molecular formula is C11H14F3NO2. The van der Waals surface area contributed by atoms with Gasteiger partial charge in [0.15, 0.2) is 0 Å². The summed E-state index contributed by atoms with van der Waals surface area (Å²) in [7, 11) is 0. The van der Waals surface area contributed by atoms with Crippen molar-refractivity contribution in [1.29, 1.82) is 0 Å². The van der Waals surface area contributed by atoms with E-state index in [1.54, 1.807) is 24.3 Å². The fraction of sp³-hybridized carbons (Fsp3) is 0.455. The number of benzene rings is 1. The molecule has 0 atom stereocenters. The molecule has 96 valence electrons. The third-order valence-corrected chi connectivity index (χ3v) is 1.84. The zero-order chi connectivity index (χ0) is 12.7. The SMILES string of the molecule is CCOc1cccc(NCCOC(F)(F)F)c1. The van der Waals surface area contributed by atoms with Crippen molar-refractivity contribution in [2.45, 2.75) is 13.3 Å². The summed E-state index contributed by atoms with van der Waals surface area (Å²) < 4.78 is 43.9. The third-order valence-electron chi connectivity index (χ3n) is 1.84. The van der Waals surface area contributed by atoms with Gasteiger partial charge in [0.05, 0.1) is 13.2 Å². The predicted octanol–water partition coefficient (Wildman–Crippen LogP) is 3.03. The van der Waals surface area contributed by atoms with Gasteiger partial charge in [0.2, 0.25) is 0 Å². The Hall–Kier alpha value is -1.43. The Morgan fingerprint density at radius 2 is 2.06 bits per heavy atom. The normalized spacial score (nSPS) is 11.3. The molecule has 0 amide bonds. The van der Waals surface area contributed by atoms with E-state index in [-0.39, 0.29) is 6.54 Å². The van der Waals surface area contributed by atoms with Gasteiger partial charge in [-0.3, -0.25) is 4.74 Å². The second-order valence-corrected chi connectivity index (χ2v) is 3.18. The van der Waals surface area contributed by atoms with Crippen LogP contribution in [0.5, 0.6) is 5.75 Å². The summed E-state index contributed by atoms with van der Waals surface area (Å²) >= 11 is 0. The van der Waals surface area contributed by atoms with Gasteiger partial charge in [0, 0.05) is 18.3 Å². The number of hydrogen-bond donors (Lipinski definition) is 1. The smallest absolute Gasteiger partial charge is 0.494 e. The maximum absolute atomic E-state index is 11.7. The largest absolute Gasteiger partial charge is 0.522 e. The minimum atomic E-state index is -4.57. The molecule has 0 saturated carbocycles. The lowest BCUT2D eigenvalue weighted by Gasteiger charge is -2.10. The Bertz CT molecular complexity index is 342. The Morgan fingerprint density at radius 1 is 1.29 bits per heavy atom. The van der Waals surface area contributed by atoms with Crippen molar-refractivity contribution >= 4 is 5.69 Å². The van der Waals surface area contributed by atoms with Crippen LogP contribution in [-0.4, -0.2) is 26.1 Å². The van der Waals surface area contributed by atoms with Gasteiger partial charge in [-0.2, -0.15) is 0 Å². The van der Waals surface area contributed by atoms with Crippen LogP contribution in [0.1, 0.15) is 6.92 Å². The van der Waals surface area contributed by atoms with Crippen molar-refractivity contribution < 1.29 is 22.6 Å². The van der Waals surface area contributed by atoms with E-state index in [1.807, 2.05) is 6.92 Å². The standard InChI is InChI=1S/C11H14F3NO2/c1-2-16-10-5-3-4-9(8-10)15-6-7-17-11(12,13)14/h3-5,8,15H,2,6-7H2,1H3. The molecule has 0 aliphatic rings. The first-order valence-corrected chi connectivity index (χ1v) is 5.18. The molecule has 0 bridgehead atoms. The quantitative estimate of drug-likeness (QED) is 0.786. The lowest BCUT2D eigenvalue weighted by molar-refractivity contribution is -0.322. The molecule has 3 nitrogen and oxygen atoms in total. The van der Waals surface area contributed by atoms with E-state index in [0.717, 1.165) is 0 Å². The molecule has 6 heteroatoms. The van der Waals surface area contributed by atoms with Gasteiger partial charge in [-0.15, -0.1) is 13.2 Å². The summed E-state index contributed by atoms with van der Waals surface area (Å²) in [4.78, 5) is 0. The maximum Gasteiger partial charge on any atom is 0.522 e. The van der Waals surface area contributed by atoms with Gasteiger partial charge in [0.1, 0.15) is 5.75 Å². The van der Waals surface area contributed by atoms with E-state index in [1.165, 1.54) is 0 Å². The van der Waals surface area contributed by atoms with E-state index in [0.29, 0.717) is 18.0 Å². The summed E-state index contributed by atoms with van der Waals surface area (Å²) in [5, 5.41) is 2.81. The molecule has 0 aliphatic carbocycles. The summed E-state index contributed by atoms with van der Waals surface area (Å²) in [6, 6.07) is 7.01. The Labute approximate surface area is 97.5 Å². The molecule has 0 aliphatic heterocycles. The van der Waals surface area contributed by atoms with Crippen molar-refractivity contribution in [1.82, 2.24) is 0 Å². The molecule has 0 spiro atoms. The van der Waals surface area contributed by atoms with Crippen LogP contribution < -0.4 is 10.1 Å². The summed E-state index contributed by atoms with van der Waals surface area (Å²) in [6.07, 6.45) is -4.57. The first-order chi connectivity index (χ1) is 8.01. The van der Waals surface area contributed by atoms with E-state index >= 15 is 0 Å². The minimum Gasteiger partial charge on any atom is -0.494 e. The van der Waals surface area contributed by atoms with Crippen molar-refractivity contribution in [3.63, 3.8) is 0 Å². The van der Waals surface area contributed by atoms with E-state index in [2.05, 4.69) is 10.1 Å². The second-order valence-electron chi connectivity index (χ2n) is 3.18. The van der Waals surface area contributed by atoms with E-state index in [4.69, 9.17) is 4.74 Å². The van der Waals surface area contributed by atoms with Crippen molar-refractivity contribution in [2.75, 3.05) is 25.1 Å². The van der Waals surface area contributed by atoms with Crippen LogP contribution >= 0.6 is 0 Å². The van der Waals surface area contributed by atoms with Crippen LogP contribution in [0.4, 0.5) is 18.9 Å². The maximum atomic E-state index is 11.7. The topological polar surface area (TPSA) is 30.5 Å². The van der Waals surface area contributed by atoms with Crippen LogP contribution in [0, 0.1) is 0 Å². The van der Waals surface area contributed by atoms with Crippen LogP contribution in [0.15, 0.2) is 24.3 Å². The zero-order valence-electron chi connectivity index (χ0n) is 9.38. The number of ether oxygens (including phenoxy) is 2. The van der Waals surface area contributed by atoms with Gasteiger partial charge in [-0.05, 0) is 19.1 Å². The minimum absolute atomic E-state index is 0.0785. The predicted molar refractivity (Wildman–Crippen MR) is 58.1 cm³/mol. The van der Waals surface area contributed by atoms with Gasteiger partial charge in [-0.1, -0.05) is 6.07 Å². The van der Waals surface area contributed by atoms with Crippen LogP contribution in [0.3, 0.4) is 0 Å². The van der Waals surface area contributed by atoms with E-state index < -0.39 is 13.0 Å². The molecule has 0 aromatic heterocycles. The second kappa shape index (κ2) is 6.34. The molecule has 0 heterocycles. The zero-order valence-corrected chi connectivity index (χ0v) is 9.38. The van der Waals surface area contributed by atoms with Crippen LogP contribution in [-0.2, 0) is 4.74 Å². The first kappa shape index (κ1) is 13.6. The molecule has 0 radical (unpaired) electrons. The summed E-state index contributed by atoms with van der Waals surface area (Å²) in [5.41, 5.74) is 0.696. The Balaban J connectivity index is 2.34. The third kappa shape index (κ3) is 6.01. The molecule has 1 aromatic carbocycles. The Kier molecular flexibility index (Phi) is 5.09. The monoisotopic (exact) mass is 249 g/mol. The molecular weight excluding hydrogens is 235 g/mol. The number of hydrogen-bond acceptors (Lipinski definition) is 3. The van der Waals surface area contributed by atoms with Gasteiger partial charge >= 0.3 is 6.36 Å². The number of anilines is 1. The lowest BCUT2D eigenvalue weighted by Crippen LogP contribution is -2.19. The highest BCUT2D eigenvalue weighted by atomic mass is 19.4. The van der Waals surface area contributed by atoms with Gasteiger partial charge in [0.25, 0.3) is 0 Å². The Morgan fingerprint density at radius 3 is 2.71 bits per heavy atom. The molecule has 1 N–H and O–H groups in total. The van der Waals surface area contributed by atoms with Crippen molar-refractivity contribution in [2.24, 2.45) is 0 Å². The average molecular weight is 249 g/mol. The highest BCUT2D eigenvalue weighted by molar-refractivity contribution is 5.48. The molecule has 0 fully saturated rings. The van der Waals surface area contributed by atoms with E-state index in [9.17, 15) is 13.2 Å². The molecule has 0 saturated heterocycles. The summed E-state index contributed by atoms with van der Waals surface area (Å²) in [6.45, 7) is 2.05. The number of nitrogens with one attached hydrogen (secondary N) is 1. The highest BCUT2D eigenvalue weighted by Gasteiger charge is 2.28. The fourth-order valence-electron chi connectivity index (χ4n) is 1.22. The first-order valence-electron chi connectivity index (χ1n) is 5.18. The molecule has 0 unspecified atom stereocenters. The highest BCUT2D eigenvalue weighted by Crippen LogP contribution is 2.18. The average Bonchev–Trinajstić information content (AvgIpc) is 2.24. The number of halogens is 3. The molecule has 1 rings (SSSR count).